The zero-order valence-electron chi connectivity index (χ0n) is 18.9. The molecule has 1 saturated heterocycles. The maximum atomic E-state index is 13.6. The van der Waals surface area contributed by atoms with Gasteiger partial charge in [0.05, 0.1) is 18.6 Å². The summed E-state index contributed by atoms with van der Waals surface area (Å²) in [5, 5.41) is 9.99. The smallest absolute Gasteiger partial charge is 0.166 e. The fraction of sp³-hybridized carbons (Fsp3) is 0.296. The Hall–Kier alpha value is -3.45. The summed E-state index contributed by atoms with van der Waals surface area (Å²) in [5.41, 5.74) is 4.09. The summed E-state index contributed by atoms with van der Waals surface area (Å²) >= 11 is 0. The van der Waals surface area contributed by atoms with Gasteiger partial charge in [0.25, 0.3) is 0 Å². The van der Waals surface area contributed by atoms with Crippen molar-refractivity contribution in [3.05, 3.63) is 83.4 Å². The van der Waals surface area contributed by atoms with Crippen molar-refractivity contribution in [3.8, 4) is 17.2 Å². The number of ether oxygens (including phenoxy) is 2. The summed E-state index contributed by atoms with van der Waals surface area (Å²) in [7, 11) is 0. The lowest BCUT2D eigenvalue weighted by Crippen LogP contribution is -2.49. The van der Waals surface area contributed by atoms with Crippen LogP contribution in [0.2, 0.25) is 0 Å². The van der Waals surface area contributed by atoms with Crippen LogP contribution in [-0.2, 0) is 0 Å². The Labute approximate surface area is 197 Å². The number of benzene rings is 2. The number of likely N-dealkylation sites (tertiary alicyclic amines) is 1. The Kier molecular flexibility index (Phi) is 6.20. The topological polar surface area (TPSA) is 54.8 Å². The first-order chi connectivity index (χ1) is 16.5. The lowest BCUT2D eigenvalue weighted by molar-refractivity contribution is 0.0668. The molecule has 0 spiro atoms. The van der Waals surface area contributed by atoms with Crippen molar-refractivity contribution in [1.82, 2.24) is 9.88 Å². The second kappa shape index (κ2) is 9.43. The minimum atomic E-state index is -0.504. The summed E-state index contributed by atoms with van der Waals surface area (Å²) in [6, 6.07) is 15.0. The molecular formula is C27H26F2N2O3. The summed E-state index contributed by atoms with van der Waals surface area (Å²) in [5.74, 6) is 1.30. The van der Waals surface area contributed by atoms with E-state index < -0.39 is 6.10 Å². The van der Waals surface area contributed by atoms with Crippen LogP contribution in [-0.4, -0.2) is 47.9 Å². The largest absolute Gasteiger partial charge is 0.508 e. The third kappa shape index (κ3) is 4.48. The lowest BCUT2D eigenvalue weighted by Gasteiger charge is -2.37. The number of halogens is 2. The average molecular weight is 465 g/mol. The van der Waals surface area contributed by atoms with E-state index in [2.05, 4.69) is 9.88 Å². The Morgan fingerprint density at radius 1 is 1.12 bits per heavy atom. The third-order valence-corrected chi connectivity index (χ3v) is 6.39. The van der Waals surface area contributed by atoms with Crippen LogP contribution in [0.5, 0.6) is 17.2 Å². The number of hydrogen-bond acceptors (Lipinski definition) is 5. The Bertz CT molecular complexity index is 1190. The number of aromatic hydroxyl groups is 1. The SMILES string of the molecule is CC1=C(c2ccc(F)cc2)C(c2ccc(OCCN3CC(CF)C3)cn2)Oc2ccc(O)cc21. The van der Waals surface area contributed by atoms with Crippen molar-refractivity contribution in [2.75, 3.05) is 32.9 Å². The average Bonchev–Trinajstić information content (AvgIpc) is 2.82. The minimum Gasteiger partial charge on any atom is -0.508 e. The van der Waals surface area contributed by atoms with Gasteiger partial charge < -0.3 is 14.6 Å². The van der Waals surface area contributed by atoms with Crippen LogP contribution >= 0.6 is 0 Å². The van der Waals surface area contributed by atoms with Gasteiger partial charge in [-0.2, -0.15) is 0 Å². The molecule has 1 atom stereocenters. The highest BCUT2D eigenvalue weighted by molar-refractivity contribution is 5.95. The molecule has 2 aliphatic rings. The van der Waals surface area contributed by atoms with Gasteiger partial charge in [-0.3, -0.25) is 14.3 Å². The molecule has 2 aromatic carbocycles. The molecule has 0 saturated carbocycles. The molecule has 0 amide bonds. The monoisotopic (exact) mass is 464 g/mol. The molecule has 1 fully saturated rings. The standard InChI is InChI=1S/C27H26F2N2O3/c1-17-23-12-21(32)6-9-25(23)34-27(26(17)19-2-4-20(29)5-3-19)24-8-7-22(14-30-24)33-11-10-31-15-18(13-28)16-31/h2-9,12,14,18,27,32H,10-11,13,15-16H2,1H3. The zero-order chi connectivity index (χ0) is 23.7. The molecule has 3 heterocycles. The summed E-state index contributed by atoms with van der Waals surface area (Å²) in [6.45, 7) is 4.54. The van der Waals surface area contributed by atoms with Gasteiger partial charge in [-0.15, -0.1) is 0 Å². The number of allylic oxidation sites excluding steroid dienone is 1. The fourth-order valence-corrected chi connectivity index (χ4v) is 4.53. The highest BCUT2D eigenvalue weighted by Gasteiger charge is 2.30. The molecule has 2 aliphatic heterocycles. The van der Waals surface area contributed by atoms with Gasteiger partial charge in [0.15, 0.2) is 6.10 Å². The molecule has 1 aromatic heterocycles. The molecule has 7 heteroatoms. The summed E-state index contributed by atoms with van der Waals surface area (Å²) in [4.78, 5) is 6.77. The summed E-state index contributed by atoms with van der Waals surface area (Å²) < 4.78 is 38.3. The van der Waals surface area contributed by atoms with Crippen molar-refractivity contribution in [3.63, 3.8) is 0 Å². The van der Waals surface area contributed by atoms with Crippen LogP contribution in [0.3, 0.4) is 0 Å². The highest BCUT2D eigenvalue weighted by atomic mass is 19.1. The maximum Gasteiger partial charge on any atom is 0.166 e. The van der Waals surface area contributed by atoms with Gasteiger partial charge in [-0.05, 0) is 60.5 Å². The van der Waals surface area contributed by atoms with Crippen LogP contribution < -0.4 is 9.47 Å². The second-order valence-corrected chi connectivity index (χ2v) is 8.77. The number of phenolic OH excluding ortho intramolecular Hbond substituents is 1. The quantitative estimate of drug-likeness (QED) is 0.516. The number of rotatable bonds is 7. The van der Waals surface area contributed by atoms with E-state index in [9.17, 15) is 13.9 Å². The predicted molar refractivity (Wildman–Crippen MR) is 126 cm³/mol. The van der Waals surface area contributed by atoms with E-state index in [4.69, 9.17) is 9.47 Å². The van der Waals surface area contributed by atoms with Crippen LogP contribution in [0, 0.1) is 11.7 Å². The molecule has 34 heavy (non-hydrogen) atoms. The van der Waals surface area contributed by atoms with Crippen LogP contribution in [0.4, 0.5) is 8.78 Å². The minimum absolute atomic E-state index is 0.150. The molecule has 176 valence electrons. The number of fused-ring (bicyclic) bond motifs is 1. The normalized spacial score (nSPS) is 18.3. The molecule has 5 rings (SSSR count). The van der Waals surface area contributed by atoms with Gasteiger partial charge in [0, 0.05) is 36.7 Å². The fourth-order valence-electron chi connectivity index (χ4n) is 4.53. The number of pyridine rings is 1. The molecule has 0 bridgehead atoms. The van der Waals surface area contributed by atoms with Crippen LogP contribution in [0.15, 0.2) is 60.8 Å². The number of hydrogen-bond donors (Lipinski definition) is 1. The van der Waals surface area contributed by atoms with Gasteiger partial charge in [0.1, 0.15) is 29.7 Å². The predicted octanol–water partition coefficient (Wildman–Crippen LogP) is 5.27. The van der Waals surface area contributed by atoms with E-state index in [-0.39, 0.29) is 24.2 Å². The van der Waals surface area contributed by atoms with E-state index in [1.807, 2.05) is 19.1 Å². The van der Waals surface area contributed by atoms with Crippen molar-refractivity contribution in [2.45, 2.75) is 13.0 Å². The van der Waals surface area contributed by atoms with Gasteiger partial charge >= 0.3 is 0 Å². The van der Waals surface area contributed by atoms with Crippen LogP contribution in [0.1, 0.15) is 29.8 Å². The molecular weight excluding hydrogens is 438 g/mol. The Morgan fingerprint density at radius 3 is 2.62 bits per heavy atom. The summed E-state index contributed by atoms with van der Waals surface area (Å²) in [6.07, 6.45) is 1.17. The first-order valence-electron chi connectivity index (χ1n) is 11.4. The molecule has 1 unspecified atom stereocenters. The first kappa shape index (κ1) is 22.3. The molecule has 0 radical (unpaired) electrons. The number of nitrogens with zero attached hydrogens (tertiary/aromatic N) is 2. The van der Waals surface area contributed by atoms with Gasteiger partial charge in [-0.1, -0.05) is 12.1 Å². The van der Waals surface area contributed by atoms with E-state index in [1.54, 1.807) is 36.5 Å². The molecule has 5 nitrogen and oxygen atoms in total. The van der Waals surface area contributed by atoms with Gasteiger partial charge in [0.2, 0.25) is 0 Å². The first-order valence-corrected chi connectivity index (χ1v) is 11.4. The molecule has 1 N–H and O–H groups in total. The maximum absolute atomic E-state index is 13.6. The Balaban J connectivity index is 1.37. The zero-order valence-corrected chi connectivity index (χ0v) is 18.9. The number of aromatic nitrogens is 1. The van der Waals surface area contributed by atoms with Crippen molar-refractivity contribution in [1.29, 1.82) is 0 Å². The van der Waals surface area contributed by atoms with E-state index in [1.165, 1.54) is 12.1 Å². The number of alkyl halides is 1. The lowest BCUT2D eigenvalue weighted by atomic mass is 9.87. The van der Waals surface area contributed by atoms with Gasteiger partial charge in [-0.25, -0.2) is 4.39 Å². The van der Waals surface area contributed by atoms with Crippen molar-refractivity contribution in [2.24, 2.45) is 5.92 Å². The molecule has 3 aromatic rings. The second-order valence-electron chi connectivity index (χ2n) is 8.77. The van der Waals surface area contributed by atoms with E-state index >= 15 is 0 Å². The van der Waals surface area contributed by atoms with E-state index in [0.717, 1.165) is 41.9 Å². The number of phenols is 1. The molecule has 0 aliphatic carbocycles. The van der Waals surface area contributed by atoms with Crippen LogP contribution in [0.25, 0.3) is 11.1 Å². The Morgan fingerprint density at radius 2 is 1.91 bits per heavy atom. The van der Waals surface area contributed by atoms with E-state index in [0.29, 0.717) is 23.8 Å². The van der Waals surface area contributed by atoms with Crippen molar-refractivity contribution < 1.29 is 23.4 Å². The highest BCUT2D eigenvalue weighted by Crippen LogP contribution is 2.47. The van der Waals surface area contributed by atoms with Crippen molar-refractivity contribution >= 4 is 11.1 Å². The third-order valence-electron chi connectivity index (χ3n) is 6.39.